The molecule has 0 aromatic heterocycles. The van der Waals surface area contributed by atoms with Gasteiger partial charge in [-0.25, -0.2) is 13.5 Å². The molecule has 0 spiro atoms. The smallest absolute Gasteiger partial charge is 0.264 e. The van der Waals surface area contributed by atoms with Gasteiger partial charge in [-0.3, -0.25) is 9.63 Å². The van der Waals surface area contributed by atoms with Gasteiger partial charge in [0, 0.05) is 19.5 Å². The van der Waals surface area contributed by atoms with Crippen LogP contribution in [-0.4, -0.2) is 52.8 Å². The lowest BCUT2D eigenvalue weighted by molar-refractivity contribution is -0.171. The maximum atomic E-state index is 12.7. The van der Waals surface area contributed by atoms with Crippen LogP contribution in [0.2, 0.25) is 0 Å². The average molecular weight is 372 g/mol. The summed E-state index contributed by atoms with van der Waals surface area (Å²) in [7, 11) is -1.15. The molecule has 140 valence electrons. The molecule has 1 unspecified atom stereocenters. The summed E-state index contributed by atoms with van der Waals surface area (Å²) in [6.07, 6.45) is 0.724. The van der Waals surface area contributed by atoms with Crippen molar-refractivity contribution in [2.45, 2.75) is 31.2 Å². The monoisotopic (exact) mass is 372 g/mol. The summed E-state index contributed by atoms with van der Waals surface area (Å²) in [5.41, 5.74) is 0. The van der Waals surface area contributed by atoms with Gasteiger partial charge in [0.05, 0.1) is 25.2 Å². The molecule has 8 nitrogen and oxygen atoms in total. The first-order valence-electron chi connectivity index (χ1n) is 8.00. The lowest BCUT2D eigenvalue weighted by Gasteiger charge is -2.25. The van der Waals surface area contributed by atoms with E-state index in [-0.39, 0.29) is 10.8 Å². The highest BCUT2D eigenvalue weighted by molar-refractivity contribution is 7.89. The Bertz CT molecular complexity index is 719. The number of carbonyl (C=O) groups excluding carboxylic acids is 1. The molecule has 1 aliphatic heterocycles. The zero-order valence-electron chi connectivity index (χ0n) is 14.8. The first-order chi connectivity index (χ1) is 11.8. The van der Waals surface area contributed by atoms with Crippen molar-refractivity contribution in [1.82, 2.24) is 9.79 Å². The maximum absolute atomic E-state index is 12.7. The molecule has 0 fully saturated rings. The van der Waals surface area contributed by atoms with Crippen LogP contribution >= 0.6 is 0 Å². The quantitative estimate of drug-likeness (QED) is 0.754. The van der Waals surface area contributed by atoms with E-state index in [4.69, 9.17) is 14.3 Å². The average Bonchev–Trinajstić information content (AvgIpc) is 2.82. The van der Waals surface area contributed by atoms with Crippen LogP contribution in [0.5, 0.6) is 11.5 Å². The van der Waals surface area contributed by atoms with Crippen LogP contribution < -0.4 is 14.2 Å². The van der Waals surface area contributed by atoms with E-state index in [9.17, 15) is 13.2 Å². The summed E-state index contributed by atoms with van der Waals surface area (Å²) in [4.78, 5) is 17.2. The van der Waals surface area contributed by atoms with Gasteiger partial charge < -0.3 is 9.47 Å². The molecule has 1 heterocycles. The summed E-state index contributed by atoms with van der Waals surface area (Å²) >= 11 is 0. The molecule has 1 N–H and O–H groups in total. The topological polar surface area (TPSA) is 94.2 Å². The lowest BCUT2D eigenvalue weighted by atomic mass is 10.1. The fourth-order valence-electron chi connectivity index (χ4n) is 2.30. The van der Waals surface area contributed by atoms with Crippen LogP contribution in [0, 0.1) is 5.92 Å². The third-order valence-corrected chi connectivity index (χ3v) is 5.27. The Kier molecular flexibility index (Phi) is 6.26. The zero-order valence-corrected chi connectivity index (χ0v) is 15.6. The molecule has 0 radical (unpaired) electrons. The number of hydroxylamine groups is 2. The minimum Gasteiger partial charge on any atom is -0.490 e. The number of nitrogens with zero attached hydrogens (tertiary/aromatic N) is 1. The van der Waals surface area contributed by atoms with Crippen molar-refractivity contribution in [3.05, 3.63) is 18.2 Å². The zero-order chi connectivity index (χ0) is 18.6. The van der Waals surface area contributed by atoms with Gasteiger partial charge in [-0.05, 0) is 18.1 Å². The number of fused-ring (bicyclic) bond motifs is 1. The van der Waals surface area contributed by atoms with E-state index in [2.05, 4.69) is 4.72 Å². The SMILES string of the molecule is CON(C)C(=O)C(NS(=O)(=O)c1ccc2c(c1)OCCCO2)C(C)C. The summed E-state index contributed by atoms with van der Waals surface area (Å²) in [5.74, 6) is 0.143. The van der Waals surface area contributed by atoms with Gasteiger partial charge in [-0.2, -0.15) is 4.72 Å². The predicted molar refractivity (Wildman–Crippen MR) is 90.8 cm³/mol. The van der Waals surface area contributed by atoms with Crippen molar-refractivity contribution in [3.63, 3.8) is 0 Å². The third kappa shape index (κ3) is 4.62. The number of likely N-dealkylation sites (N-methyl/N-ethyl adjacent to an activating group) is 1. The molecule has 2 rings (SSSR count). The van der Waals surface area contributed by atoms with E-state index < -0.39 is 22.0 Å². The second-order valence-corrected chi connectivity index (χ2v) is 7.73. The van der Waals surface area contributed by atoms with Crippen molar-refractivity contribution in [2.24, 2.45) is 5.92 Å². The number of rotatable bonds is 6. The second-order valence-electron chi connectivity index (χ2n) is 6.02. The Morgan fingerprint density at radius 1 is 1.24 bits per heavy atom. The summed E-state index contributed by atoms with van der Waals surface area (Å²) in [6, 6.07) is 3.44. The van der Waals surface area contributed by atoms with E-state index in [0.717, 1.165) is 11.5 Å². The molecular formula is C16H24N2O6S. The molecule has 1 amide bonds. The van der Waals surface area contributed by atoms with Crippen molar-refractivity contribution in [1.29, 1.82) is 0 Å². The van der Waals surface area contributed by atoms with Gasteiger partial charge in [0.25, 0.3) is 5.91 Å². The molecule has 1 aliphatic rings. The number of sulfonamides is 1. The fourth-order valence-corrected chi connectivity index (χ4v) is 3.66. The molecule has 0 saturated carbocycles. The number of benzene rings is 1. The number of hydrogen-bond donors (Lipinski definition) is 1. The maximum Gasteiger partial charge on any atom is 0.264 e. The Hall–Kier alpha value is -1.84. The first kappa shape index (κ1) is 19.5. The van der Waals surface area contributed by atoms with Gasteiger partial charge in [0.1, 0.15) is 6.04 Å². The number of carbonyl (C=O) groups is 1. The molecule has 1 aromatic rings. The standard InChI is InChI=1S/C16H24N2O6S/c1-11(2)15(16(19)18(3)22-4)17-25(20,21)12-6-7-13-14(10-12)24-9-5-8-23-13/h6-7,10-11,15,17H,5,8-9H2,1-4H3. The summed E-state index contributed by atoms with van der Waals surface area (Å²) in [5, 5.41) is 1.00. The van der Waals surface area contributed by atoms with E-state index >= 15 is 0 Å². The van der Waals surface area contributed by atoms with Crippen molar-refractivity contribution in [3.8, 4) is 11.5 Å². The number of amides is 1. The first-order valence-corrected chi connectivity index (χ1v) is 9.48. The van der Waals surface area contributed by atoms with E-state index in [0.29, 0.717) is 24.7 Å². The van der Waals surface area contributed by atoms with Gasteiger partial charge in [-0.15, -0.1) is 0 Å². The molecule has 1 aromatic carbocycles. The van der Waals surface area contributed by atoms with Crippen molar-refractivity contribution < 1.29 is 27.5 Å². The van der Waals surface area contributed by atoms with E-state index in [1.54, 1.807) is 19.9 Å². The number of nitrogens with one attached hydrogen (secondary N) is 1. The normalized spacial score (nSPS) is 15.6. The molecule has 25 heavy (non-hydrogen) atoms. The van der Waals surface area contributed by atoms with Gasteiger partial charge in [0.15, 0.2) is 11.5 Å². The Morgan fingerprint density at radius 3 is 2.48 bits per heavy atom. The van der Waals surface area contributed by atoms with Crippen LogP contribution in [0.15, 0.2) is 23.1 Å². The van der Waals surface area contributed by atoms with Crippen LogP contribution in [0.1, 0.15) is 20.3 Å². The van der Waals surface area contributed by atoms with Crippen LogP contribution in [0.4, 0.5) is 0 Å². The minimum atomic E-state index is -3.93. The van der Waals surface area contributed by atoms with Gasteiger partial charge >= 0.3 is 0 Å². The second kappa shape index (κ2) is 8.03. The van der Waals surface area contributed by atoms with E-state index in [1.165, 1.54) is 26.3 Å². The Balaban J connectivity index is 2.28. The van der Waals surface area contributed by atoms with Crippen LogP contribution in [0.25, 0.3) is 0 Å². The fraction of sp³-hybridized carbons (Fsp3) is 0.562. The number of ether oxygens (including phenoxy) is 2. The van der Waals surface area contributed by atoms with Crippen molar-refractivity contribution in [2.75, 3.05) is 27.4 Å². The summed E-state index contributed by atoms with van der Waals surface area (Å²) in [6.45, 7) is 4.48. The van der Waals surface area contributed by atoms with E-state index in [1.807, 2.05) is 0 Å². The molecule has 9 heteroatoms. The largest absolute Gasteiger partial charge is 0.490 e. The highest BCUT2D eigenvalue weighted by atomic mass is 32.2. The third-order valence-electron chi connectivity index (χ3n) is 3.83. The molecular weight excluding hydrogens is 348 g/mol. The minimum absolute atomic E-state index is 0.00951. The predicted octanol–water partition coefficient (Wildman–Crippen LogP) is 1.17. The molecule has 0 saturated heterocycles. The molecule has 0 aliphatic carbocycles. The highest BCUT2D eigenvalue weighted by Gasteiger charge is 2.31. The lowest BCUT2D eigenvalue weighted by Crippen LogP contribution is -2.49. The van der Waals surface area contributed by atoms with Gasteiger partial charge in [-0.1, -0.05) is 13.8 Å². The van der Waals surface area contributed by atoms with Gasteiger partial charge in [0.2, 0.25) is 10.0 Å². The highest BCUT2D eigenvalue weighted by Crippen LogP contribution is 2.32. The Labute approximate surface area is 148 Å². The number of hydrogen-bond acceptors (Lipinski definition) is 6. The van der Waals surface area contributed by atoms with Crippen molar-refractivity contribution >= 4 is 15.9 Å². The molecule has 0 bridgehead atoms. The molecule has 1 atom stereocenters. The van der Waals surface area contributed by atoms with Crippen LogP contribution in [0.3, 0.4) is 0 Å². The summed E-state index contributed by atoms with van der Waals surface area (Å²) < 4.78 is 38.9. The van der Waals surface area contributed by atoms with Crippen LogP contribution in [-0.2, 0) is 19.7 Å². The Morgan fingerprint density at radius 2 is 1.88 bits per heavy atom.